The Labute approximate surface area is 140 Å². The number of halogens is 5. The summed E-state index contributed by atoms with van der Waals surface area (Å²) in [5.41, 5.74) is 7.70. The highest BCUT2D eigenvalue weighted by Gasteiger charge is 2.31. The SMILES string of the molecule is Cl.N[C@H](c1ccc(I)cc1)c1ccc(OC(F)(F)F)cc1. The third-order valence-corrected chi connectivity index (χ3v) is 3.42. The van der Waals surface area contributed by atoms with Crippen LogP contribution in [0.2, 0.25) is 0 Å². The molecule has 0 bridgehead atoms. The van der Waals surface area contributed by atoms with E-state index < -0.39 is 6.36 Å². The zero-order valence-electron chi connectivity index (χ0n) is 10.6. The Morgan fingerprint density at radius 1 is 0.905 bits per heavy atom. The van der Waals surface area contributed by atoms with Crippen molar-refractivity contribution in [2.45, 2.75) is 12.4 Å². The molecule has 2 rings (SSSR count). The Morgan fingerprint density at radius 2 is 1.33 bits per heavy atom. The fourth-order valence-corrected chi connectivity index (χ4v) is 2.10. The van der Waals surface area contributed by atoms with Crippen LogP contribution in [0.3, 0.4) is 0 Å². The van der Waals surface area contributed by atoms with Gasteiger partial charge < -0.3 is 10.5 Å². The van der Waals surface area contributed by atoms with Gasteiger partial charge in [-0.1, -0.05) is 24.3 Å². The third kappa shape index (κ3) is 5.37. The lowest BCUT2D eigenvalue weighted by Gasteiger charge is -2.14. The maximum absolute atomic E-state index is 12.1. The van der Waals surface area contributed by atoms with Gasteiger partial charge in [-0.2, -0.15) is 0 Å². The van der Waals surface area contributed by atoms with Gasteiger partial charge in [0.05, 0.1) is 6.04 Å². The molecule has 0 fully saturated rings. The number of hydrogen-bond acceptors (Lipinski definition) is 2. The van der Waals surface area contributed by atoms with Crippen molar-refractivity contribution in [1.82, 2.24) is 0 Å². The first-order valence-corrected chi connectivity index (χ1v) is 6.80. The highest BCUT2D eigenvalue weighted by atomic mass is 127. The van der Waals surface area contributed by atoms with Crippen molar-refractivity contribution in [3.05, 3.63) is 63.2 Å². The molecule has 2 aromatic rings. The second kappa shape index (κ2) is 7.33. The van der Waals surface area contributed by atoms with Gasteiger partial charge in [0.2, 0.25) is 0 Å². The van der Waals surface area contributed by atoms with Crippen molar-refractivity contribution in [2.75, 3.05) is 0 Å². The zero-order chi connectivity index (χ0) is 14.8. The van der Waals surface area contributed by atoms with Crippen LogP contribution < -0.4 is 10.5 Å². The second-order valence-corrected chi connectivity index (χ2v) is 5.39. The quantitative estimate of drug-likeness (QED) is 0.721. The summed E-state index contributed by atoms with van der Waals surface area (Å²) in [5, 5.41) is 0. The predicted octanol–water partition coefficient (Wildman–Crippen LogP) is 4.66. The lowest BCUT2D eigenvalue weighted by molar-refractivity contribution is -0.274. The topological polar surface area (TPSA) is 35.2 Å². The maximum atomic E-state index is 12.1. The van der Waals surface area contributed by atoms with Crippen LogP contribution in [-0.4, -0.2) is 6.36 Å². The van der Waals surface area contributed by atoms with E-state index in [2.05, 4.69) is 27.3 Å². The molecule has 2 N–H and O–H groups in total. The predicted molar refractivity (Wildman–Crippen MR) is 85.6 cm³/mol. The van der Waals surface area contributed by atoms with E-state index in [-0.39, 0.29) is 24.2 Å². The monoisotopic (exact) mass is 429 g/mol. The number of hydrogen-bond donors (Lipinski definition) is 1. The van der Waals surface area contributed by atoms with Gasteiger partial charge in [0.25, 0.3) is 0 Å². The number of nitrogens with two attached hydrogens (primary N) is 1. The van der Waals surface area contributed by atoms with E-state index in [1.54, 1.807) is 0 Å². The zero-order valence-corrected chi connectivity index (χ0v) is 13.6. The molecule has 0 unspecified atom stereocenters. The van der Waals surface area contributed by atoms with Gasteiger partial charge >= 0.3 is 6.36 Å². The normalized spacial score (nSPS) is 12.4. The average Bonchev–Trinajstić information content (AvgIpc) is 2.38. The second-order valence-electron chi connectivity index (χ2n) is 4.15. The van der Waals surface area contributed by atoms with E-state index in [0.29, 0.717) is 0 Å². The first kappa shape index (κ1) is 18.1. The van der Waals surface area contributed by atoms with E-state index >= 15 is 0 Å². The van der Waals surface area contributed by atoms with Crippen molar-refractivity contribution >= 4 is 35.0 Å². The molecular weight excluding hydrogens is 418 g/mol. The van der Waals surface area contributed by atoms with Crippen LogP contribution in [0.4, 0.5) is 13.2 Å². The molecule has 2 aromatic carbocycles. The number of benzene rings is 2. The molecule has 0 amide bonds. The average molecular weight is 430 g/mol. The lowest BCUT2D eigenvalue weighted by atomic mass is 10.00. The summed E-state index contributed by atoms with van der Waals surface area (Å²) in [4.78, 5) is 0. The molecule has 114 valence electrons. The summed E-state index contributed by atoms with van der Waals surface area (Å²) in [5.74, 6) is -0.254. The molecule has 0 aromatic heterocycles. The van der Waals surface area contributed by atoms with Crippen molar-refractivity contribution in [2.24, 2.45) is 5.73 Å². The number of rotatable bonds is 3. The minimum absolute atomic E-state index is 0. The molecule has 7 heteroatoms. The van der Waals surface area contributed by atoms with E-state index in [4.69, 9.17) is 5.73 Å². The van der Waals surface area contributed by atoms with Crippen LogP contribution in [0.5, 0.6) is 5.75 Å². The molecule has 0 saturated heterocycles. The number of alkyl halides is 3. The molecule has 1 atom stereocenters. The molecule has 0 heterocycles. The molecular formula is C14H12ClF3INO. The molecule has 0 saturated carbocycles. The molecule has 21 heavy (non-hydrogen) atoms. The van der Waals surface area contributed by atoms with Crippen LogP contribution in [0, 0.1) is 3.57 Å². The Hall–Kier alpha value is -0.990. The van der Waals surface area contributed by atoms with E-state index in [1.165, 1.54) is 24.3 Å². The largest absolute Gasteiger partial charge is 0.573 e. The highest BCUT2D eigenvalue weighted by molar-refractivity contribution is 14.1. The highest BCUT2D eigenvalue weighted by Crippen LogP contribution is 2.26. The Morgan fingerprint density at radius 3 is 1.76 bits per heavy atom. The van der Waals surface area contributed by atoms with Gasteiger partial charge in [-0.05, 0) is 58.0 Å². The molecule has 0 aliphatic heterocycles. The van der Waals surface area contributed by atoms with Gasteiger partial charge in [-0.25, -0.2) is 0 Å². The van der Waals surface area contributed by atoms with E-state index in [1.807, 2.05) is 24.3 Å². The standard InChI is InChI=1S/C14H11F3INO.ClH/c15-14(16,17)20-12-7-3-10(4-8-12)13(19)9-1-5-11(18)6-2-9;/h1-8,13H,19H2;1H/t13-;/m1./s1. The van der Waals surface area contributed by atoms with Gasteiger partial charge in [0.15, 0.2) is 0 Å². The summed E-state index contributed by atoms with van der Waals surface area (Å²) in [7, 11) is 0. The van der Waals surface area contributed by atoms with E-state index in [9.17, 15) is 13.2 Å². The van der Waals surface area contributed by atoms with Crippen LogP contribution >= 0.6 is 35.0 Å². The molecule has 0 radical (unpaired) electrons. The smallest absolute Gasteiger partial charge is 0.406 e. The molecule has 2 nitrogen and oxygen atoms in total. The van der Waals surface area contributed by atoms with Crippen molar-refractivity contribution in [3.8, 4) is 5.75 Å². The minimum atomic E-state index is -4.68. The Balaban J connectivity index is 0.00000220. The van der Waals surface area contributed by atoms with Crippen molar-refractivity contribution in [1.29, 1.82) is 0 Å². The summed E-state index contributed by atoms with van der Waals surface area (Å²) in [6.07, 6.45) is -4.68. The van der Waals surface area contributed by atoms with Crippen LogP contribution in [0.1, 0.15) is 17.2 Å². The van der Waals surface area contributed by atoms with Crippen LogP contribution in [0.25, 0.3) is 0 Å². The first-order valence-electron chi connectivity index (χ1n) is 5.72. The summed E-state index contributed by atoms with van der Waals surface area (Å²) in [6.45, 7) is 0. The third-order valence-electron chi connectivity index (χ3n) is 2.70. The fraction of sp³-hybridized carbons (Fsp3) is 0.143. The lowest BCUT2D eigenvalue weighted by Crippen LogP contribution is -2.17. The molecule has 0 spiro atoms. The van der Waals surface area contributed by atoms with Crippen molar-refractivity contribution < 1.29 is 17.9 Å². The number of ether oxygens (including phenoxy) is 1. The first-order chi connectivity index (χ1) is 9.35. The minimum Gasteiger partial charge on any atom is -0.406 e. The van der Waals surface area contributed by atoms with Gasteiger partial charge in [0, 0.05) is 3.57 Å². The fourth-order valence-electron chi connectivity index (χ4n) is 1.74. The van der Waals surface area contributed by atoms with Crippen LogP contribution in [-0.2, 0) is 0 Å². The van der Waals surface area contributed by atoms with Crippen molar-refractivity contribution in [3.63, 3.8) is 0 Å². The van der Waals surface area contributed by atoms with Gasteiger partial charge in [0.1, 0.15) is 5.75 Å². The molecule has 0 aliphatic rings. The summed E-state index contributed by atoms with van der Waals surface area (Å²) < 4.78 is 41.1. The maximum Gasteiger partial charge on any atom is 0.573 e. The van der Waals surface area contributed by atoms with E-state index in [0.717, 1.165) is 14.7 Å². The summed E-state index contributed by atoms with van der Waals surface area (Å²) >= 11 is 2.19. The van der Waals surface area contributed by atoms with Crippen LogP contribution in [0.15, 0.2) is 48.5 Å². The summed E-state index contributed by atoms with van der Waals surface area (Å²) in [6, 6.07) is 12.8. The van der Waals surface area contributed by atoms with Gasteiger partial charge in [-0.15, -0.1) is 25.6 Å². The molecule has 0 aliphatic carbocycles. The van der Waals surface area contributed by atoms with Gasteiger partial charge in [-0.3, -0.25) is 0 Å². The Bertz CT molecular complexity index is 572. The Kier molecular flexibility index (Phi) is 6.30.